The monoisotopic (exact) mass is 300 g/mol. The zero-order chi connectivity index (χ0) is 15.8. The summed E-state index contributed by atoms with van der Waals surface area (Å²) in [4.78, 5) is 9.19. The van der Waals surface area contributed by atoms with Crippen molar-refractivity contribution in [3.05, 3.63) is 18.2 Å². The summed E-state index contributed by atoms with van der Waals surface area (Å²) in [6, 6.07) is 4.45. The third-order valence-electron chi connectivity index (χ3n) is 4.24. The second-order valence-electron chi connectivity index (χ2n) is 5.73. The summed E-state index contributed by atoms with van der Waals surface area (Å²) in [6.45, 7) is 8.75. The molecule has 0 N–H and O–H groups in total. The fourth-order valence-corrected chi connectivity index (χ4v) is 2.86. The third-order valence-corrected chi connectivity index (χ3v) is 4.24. The minimum Gasteiger partial charge on any atom is -0.334 e. The number of piperazine rings is 1. The molecule has 118 valence electrons. The molecule has 0 radical (unpaired) electrons. The number of nitrogens with zero attached hydrogens (tertiary/aromatic N) is 6. The van der Waals surface area contributed by atoms with E-state index >= 15 is 0 Å². The fraction of sp³-hybridized carbons (Fsp3) is 0.688. The third kappa shape index (κ3) is 4.56. The summed E-state index contributed by atoms with van der Waals surface area (Å²) in [5.41, 5.74) is 0. The van der Waals surface area contributed by atoms with Gasteiger partial charge in [0, 0.05) is 58.1 Å². The van der Waals surface area contributed by atoms with Gasteiger partial charge in [-0.25, -0.2) is 4.98 Å². The first-order chi connectivity index (χ1) is 10.8. The number of hydrogen-bond acceptors (Lipinski definition) is 5. The van der Waals surface area contributed by atoms with Gasteiger partial charge in [-0.3, -0.25) is 9.80 Å². The van der Waals surface area contributed by atoms with Crippen LogP contribution in [0.4, 0.5) is 0 Å². The van der Waals surface area contributed by atoms with Crippen LogP contribution < -0.4 is 0 Å². The molecule has 2 heterocycles. The molecule has 0 spiro atoms. The molecule has 1 atom stereocenters. The molecular formula is C16H24N6. The first-order valence-corrected chi connectivity index (χ1v) is 7.98. The molecule has 0 saturated carbocycles. The Balaban J connectivity index is 1.76. The van der Waals surface area contributed by atoms with Gasteiger partial charge in [-0.1, -0.05) is 0 Å². The normalized spacial score (nSPS) is 17.8. The lowest BCUT2D eigenvalue weighted by Gasteiger charge is -2.35. The second kappa shape index (κ2) is 8.53. The van der Waals surface area contributed by atoms with Gasteiger partial charge in [-0.05, 0) is 13.3 Å². The van der Waals surface area contributed by atoms with Crippen LogP contribution >= 0.6 is 0 Å². The Morgan fingerprint density at radius 2 is 1.95 bits per heavy atom. The lowest BCUT2D eigenvalue weighted by Crippen LogP contribution is -2.47. The zero-order valence-electron chi connectivity index (χ0n) is 13.3. The predicted molar refractivity (Wildman–Crippen MR) is 83.6 cm³/mol. The number of aryl methyl sites for hydroxylation is 1. The van der Waals surface area contributed by atoms with Gasteiger partial charge in [-0.15, -0.1) is 0 Å². The molecule has 1 aliphatic rings. The summed E-state index contributed by atoms with van der Waals surface area (Å²) >= 11 is 0. The van der Waals surface area contributed by atoms with Crippen LogP contribution in [0, 0.1) is 28.6 Å². The summed E-state index contributed by atoms with van der Waals surface area (Å²) < 4.78 is 2.18. The lowest BCUT2D eigenvalue weighted by molar-refractivity contribution is 0.115. The number of nitriles is 2. The van der Waals surface area contributed by atoms with Crippen LogP contribution in [-0.4, -0.2) is 52.1 Å². The quantitative estimate of drug-likeness (QED) is 0.762. The van der Waals surface area contributed by atoms with Crippen molar-refractivity contribution in [1.82, 2.24) is 19.4 Å². The highest BCUT2D eigenvalue weighted by Crippen LogP contribution is 2.12. The van der Waals surface area contributed by atoms with Gasteiger partial charge in [0.1, 0.15) is 5.82 Å². The minimum absolute atomic E-state index is 0.0230. The van der Waals surface area contributed by atoms with Gasteiger partial charge >= 0.3 is 0 Å². The van der Waals surface area contributed by atoms with Crippen LogP contribution in [0.15, 0.2) is 12.4 Å². The molecule has 22 heavy (non-hydrogen) atoms. The molecule has 1 fully saturated rings. The SMILES string of the molecule is CCn1ccnc1CN1CCN(CC(C#N)CCC#N)CC1. The number of hydrogen-bond donors (Lipinski definition) is 0. The van der Waals surface area contributed by atoms with Crippen molar-refractivity contribution in [2.75, 3.05) is 32.7 Å². The van der Waals surface area contributed by atoms with Crippen molar-refractivity contribution >= 4 is 0 Å². The molecule has 1 aromatic rings. The zero-order valence-corrected chi connectivity index (χ0v) is 13.3. The van der Waals surface area contributed by atoms with Crippen LogP contribution in [0.2, 0.25) is 0 Å². The summed E-state index contributed by atoms with van der Waals surface area (Å²) in [6.07, 6.45) is 5.04. The Bertz CT molecular complexity index is 530. The van der Waals surface area contributed by atoms with E-state index in [0.29, 0.717) is 12.8 Å². The van der Waals surface area contributed by atoms with Crippen LogP contribution in [0.3, 0.4) is 0 Å². The Hall–Kier alpha value is -1.89. The average molecular weight is 300 g/mol. The molecule has 0 aromatic carbocycles. The summed E-state index contributed by atoms with van der Waals surface area (Å²) in [7, 11) is 0. The molecule has 0 aliphatic carbocycles. The van der Waals surface area contributed by atoms with Gasteiger partial charge < -0.3 is 4.57 Å². The lowest BCUT2D eigenvalue weighted by atomic mass is 10.0. The Morgan fingerprint density at radius 3 is 2.59 bits per heavy atom. The minimum atomic E-state index is -0.0230. The van der Waals surface area contributed by atoms with Gasteiger partial charge in [0.25, 0.3) is 0 Å². The maximum atomic E-state index is 9.16. The molecular weight excluding hydrogens is 276 g/mol. The topological polar surface area (TPSA) is 71.9 Å². The average Bonchev–Trinajstić information content (AvgIpc) is 3.00. The van der Waals surface area contributed by atoms with Crippen molar-refractivity contribution in [3.63, 3.8) is 0 Å². The van der Waals surface area contributed by atoms with Crippen LogP contribution in [0.5, 0.6) is 0 Å². The first kappa shape index (κ1) is 16.5. The molecule has 0 amide bonds. The molecule has 2 rings (SSSR count). The molecule has 1 aromatic heterocycles. The van der Waals surface area contributed by atoms with Crippen molar-refractivity contribution in [2.45, 2.75) is 32.9 Å². The van der Waals surface area contributed by atoms with E-state index in [1.807, 2.05) is 12.4 Å². The van der Waals surface area contributed by atoms with E-state index in [4.69, 9.17) is 10.5 Å². The molecule has 1 aliphatic heterocycles. The highest BCUT2D eigenvalue weighted by molar-refractivity contribution is 4.93. The smallest absolute Gasteiger partial charge is 0.122 e. The largest absolute Gasteiger partial charge is 0.334 e. The highest BCUT2D eigenvalue weighted by Gasteiger charge is 2.20. The van der Waals surface area contributed by atoms with Gasteiger partial charge in [0.2, 0.25) is 0 Å². The van der Waals surface area contributed by atoms with E-state index in [1.54, 1.807) is 0 Å². The Labute approximate surface area is 132 Å². The van der Waals surface area contributed by atoms with Gasteiger partial charge in [-0.2, -0.15) is 10.5 Å². The van der Waals surface area contributed by atoms with Crippen molar-refractivity contribution in [3.8, 4) is 12.1 Å². The standard InChI is InChI=1S/C16H24N6/c1-2-22-7-6-19-16(22)14-21-10-8-20(9-11-21)13-15(12-18)4-3-5-17/h6-7,15H,2-4,8-11,13-14H2,1H3. The van der Waals surface area contributed by atoms with Gasteiger partial charge in [0.15, 0.2) is 0 Å². The predicted octanol–water partition coefficient (Wildman–Crippen LogP) is 1.46. The highest BCUT2D eigenvalue weighted by atomic mass is 15.3. The van der Waals surface area contributed by atoms with E-state index in [2.05, 4.69) is 38.4 Å². The number of rotatable bonds is 7. The molecule has 1 saturated heterocycles. The van der Waals surface area contributed by atoms with Crippen molar-refractivity contribution < 1.29 is 0 Å². The summed E-state index contributed by atoms with van der Waals surface area (Å²) in [5.74, 6) is 1.10. The van der Waals surface area contributed by atoms with E-state index in [-0.39, 0.29) is 5.92 Å². The van der Waals surface area contributed by atoms with E-state index in [1.165, 1.54) is 0 Å². The molecule has 6 nitrogen and oxygen atoms in total. The van der Waals surface area contributed by atoms with Crippen LogP contribution in [-0.2, 0) is 13.1 Å². The fourth-order valence-electron chi connectivity index (χ4n) is 2.86. The Morgan fingerprint density at radius 1 is 1.23 bits per heavy atom. The van der Waals surface area contributed by atoms with E-state index in [9.17, 15) is 0 Å². The Kier molecular flexibility index (Phi) is 6.39. The molecule has 1 unspecified atom stereocenters. The number of imidazole rings is 1. The van der Waals surface area contributed by atoms with Crippen molar-refractivity contribution in [2.24, 2.45) is 5.92 Å². The van der Waals surface area contributed by atoms with Crippen LogP contribution in [0.25, 0.3) is 0 Å². The van der Waals surface area contributed by atoms with E-state index in [0.717, 1.165) is 51.6 Å². The van der Waals surface area contributed by atoms with Gasteiger partial charge in [0.05, 0.1) is 24.6 Å². The maximum absolute atomic E-state index is 9.16. The molecule has 0 bridgehead atoms. The van der Waals surface area contributed by atoms with Crippen molar-refractivity contribution in [1.29, 1.82) is 10.5 Å². The van der Waals surface area contributed by atoms with E-state index < -0.39 is 0 Å². The molecule has 6 heteroatoms. The first-order valence-electron chi connectivity index (χ1n) is 7.98. The van der Waals surface area contributed by atoms with Crippen LogP contribution in [0.1, 0.15) is 25.6 Å². The maximum Gasteiger partial charge on any atom is 0.122 e. The summed E-state index contributed by atoms with van der Waals surface area (Å²) in [5, 5.41) is 17.8. The second-order valence-corrected chi connectivity index (χ2v) is 5.73. The number of aromatic nitrogens is 2.